The van der Waals surface area contributed by atoms with Gasteiger partial charge in [0.1, 0.15) is 11.2 Å². The number of hydrogen-bond donors (Lipinski definition) is 0. The largest absolute Gasteiger partial charge is 0.455 e. The van der Waals surface area contributed by atoms with Crippen LogP contribution in [0.1, 0.15) is 86.1 Å². The van der Waals surface area contributed by atoms with Gasteiger partial charge < -0.3 is 14.2 Å². The van der Waals surface area contributed by atoms with Gasteiger partial charge in [0.15, 0.2) is 0 Å². The Labute approximate surface area is 492 Å². The molecular weight excluding hydrogens is 1010 g/mol. The number of rotatable bonds is 8. The zero-order valence-corrected chi connectivity index (χ0v) is 47.7. The van der Waals surface area contributed by atoms with E-state index in [2.05, 4.69) is 252 Å². The van der Waals surface area contributed by atoms with Gasteiger partial charge in [0.2, 0.25) is 0 Å². The van der Waals surface area contributed by atoms with Crippen molar-refractivity contribution in [3.05, 3.63) is 294 Å². The number of hydrogen-bond acceptors (Lipinski definition) is 4. The fourth-order valence-electron chi connectivity index (χ4n) is 13.3. The summed E-state index contributed by atoms with van der Waals surface area (Å²) in [5.74, 6) is 0. The predicted octanol–water partition coefficient (Wildman–Crippen LogP) is 21.7. The average molecular weight is 1070 g/mol. The number of fused-ring (bicyclic) bond motifs is 16. The van der Waals surface area contributed by atoms with E-state index in [1.165, 1.54) is 11.1 Å². The molecule has 0 fully saturated rings. The van der Waals surface area contributed by atoms with Crippen LogP contribution in [0.15, 0.2) is 259 Å². The first-order chi connectivity index (χ1) is 42.0. The summed E-state index contributed by atoms with van der Waals surface area (Å²) in [6, 6.07) is 79.0. The highest BCUT2D eigenvalue weighted by Gasteiger charge is 2.55. The Bertz CT molecular complexity index is 4910. The maximum atomic E-state index is 10.4. The molecule has 1 unspecified atom stereocenters. The second-order valence-electron chi connectivity index (χ2n) is 24.5. The molecule has 11 aromatic carbocycles. The van der Waals surface area contributed by atoms with Crippen molar-refractivity contribution >= 4 is 66.8 Å². The van der Waals surface area contributed by atoms with E-state index >= 15 is 0 Å². The van der Waals surface area contributed by atoms with E-state index in [0.29, 0.717) is 28.0 Å². The Balaban J connectivity index is 1.10. The van der Waals surface area contributed by atoms with Crippen molar-refractivity contribution in [1.29, 1.82) is 0 Å². The third-order valence-electron chi connectivity index (χ3n) is 17.4. The van der Waals surface area contributed by atoms with E-state index in [1.54, 1.807) is 0 Å². The normalized spacial score (nSPS) is 14.9. The standard InChI is InChI=1S/C79H63N3O/c1-50-46-65-61-24-16-18-28-66(61)79(76(65)80-49-50)67-47-69(81(59-42-34-55(35-43-59)77(2,3)4)57-38-30-53(31-39-57)51-20-10-8-11-21-51)62-25-14-15-26-63(62)72(67)74-68(79)48-70(73-64-27-17-19-29-71(64)83-75(73)74)82(60-44-36-56(37-45-60)78(5,6)7)58-40-32-54(33-41-58)52-22-12-9-13-23-52/h8-49H,1-7H3/i16D,18D,24D,28D. The molecule has 13 aromatic rings. The Hall–Kier alpha value is -9.77. The number of para-hydroxylation sites is 1. The number of anilines is 6. The van der Waals surface area contributed by atoms with Crippen LogP contribution >= 0.6 is 0 Å². The van der Waals surface area contributed by atoms with Crippen molar-refractivity contribution in [2.24, 2.45) is 0 Å². The Kier molecular flexibility index (Phi) is 10.5. The maximum Gasteiger partial charge on any atom is 0.145 e. The molecule has 4 nitrogen and oxygen atoms in total. The molecule has 1 atom stereocenters. The van der Waals surface area contributed by atoms with Crippen LogP contribution in [0.5, 0.6) is 0 Å². The second-order valence-corrected chi connectivity index (χ2v) is 24.5. The number of pyridine rings is 1. The van der Waals surface area contributed by atoms with Crippen molar-refractivity contribution in [2.45, 2.75) is 64.7 Å². The fraction of sp³-hybridized carbons (Fsp3) is 0.127. The third kappa shape index (κ3) is 7.91. The highest BCUT2D eigenvalue weighted by atomic mass is 16.3. The van der Waals surface area contributed by atoms with E-state index < -0.39 is 5.41 Å². The van der Waals surface area contributed by atoms with Gasteiger partial charge in [-0.15, -0.1) is 0 Å². The molecule has 83 heavy (non-hydrogen) atoms. The van der Waals surface area contributed by atoms with Crippen LogP contribution in [-0.4, -0.2) is 4.98 Å². The van der Waals surface area contributed by atoms with Crippen molar-refractivity contribution in [3.8, 4) is 44.5 Å². The average Bonchev–Trinajstić information content (AvgIpc) is 1.49. The van der Waals surface area contributed by atoms with Gasteiger partial charge in [0.25, 0.3) is 0 Å². The summed E-state index contributed by atoms with van der Waals surface area (Å²) in [4.78, 5) is 10.2. The molecular formula is C79H63N3O. The minimum atomic E-state index is -1.43. The highest BCUT2D eigenvalue weighted by molar-refractivity contribution is 6.23. The molecule has 2 aromatic heterocycles. The minimum Gasteiger partial charge on any atom is -0.455 e. The lowest BCUT2D eigenvalue weighted by molar-refractivity contribution is 0.590. The second kappa shape index (κ2) is 18.9. The van der Waals surface area contributed by atoms with Crippen LogP contribution in [0.4, 0.5) is 34.1 Å². The summed E-state index contributed by atoms with van der Waals surface area (Å²) >= 11 is 0. The van der Waals surface area contributed by atoms with E-state index in [1.807, 2.05) is 37.4 Å². The Morgan fingerprint density at radius 3 is 1.46 bits per heavy atom. The van der Waals surface area contributed by atoms with Crippen molar-refractivity contribution in [3.63, 3.8) is 0 Å². The van der Waals surface area contributed by atoms with Crippen LogP contribution < -0.4 is 9.80 Å². The number of furan rings is 1. The minimum absolute atomic E-state index is 0.0913. The number of aryl methyl sites for hydroxylation is 1. The van der Waals surface area contributed by atoms with Crippen LogP contribution in [0.3, 0.4) is 0 Å². The van der Waals surface area contributed by atoms with Gasteiger partial charge in [-0.2, -0.15) is 0 Å². The molecule has 2 heterocycles. The summed E-state index contributed by atoms with van der Waals surface area (Å²) in [5, 5.41) is 3.81. The summed E-state index contributed by atoms with van der Waals surface area (Å²) in [6.45, 7) is 15.4. The number of aromatic nitrogens is 1. The summed E-state index contributed by atoms with van der Waals surface area (Å²) in [5.41, 5.74) is 18.7. The van der Waals surface area contributed by atoms with Gasteiger partial charge in [-0.3, -0.25) is 4.98 Å². The first kappa shape index (κ1) is 45.9. The lowest BCUT2D eigenvalue weighted by atomic mass is 9.72. The molecule has 0 saturated heterocycles. The Morgan fingerprint density at radius 1 is 0.434 bits per heavy atom. The number of benzene rings is 11. The maximum absolute atomic E-state index is 10.4. The molecule has 2 aliphatic carbocycles. The summed E-state index contributed by atoms with van der Waals surface area (Å²) < 4.78 is 46.9. The quantitative estimate of drug-likeness (QED) is 0.152. The smallest absolute Gasteiger partial charge is 0.145 e. The fourth-order valence-corrected chi connectivity index (χ4v) is 13.3. The van der Waals surface area contributed by atoms with Crippen LogP contribution in [0.2, 0.25) is 0 Å². The van der Waals surface area contributed by atoms with E-state index in [9.17, 15) is 5.48 Å². The van der Waals surface area contributed by atoms with Crippen LogP contribution in [0.25, 0.3) is 77.2 Å². The molecule has 0 saturated carbocycles. The van der Waals surface area contributed by atoms with E-state index in [-0.39, 0.29) is 35.0 Å². The van der Waals surface area contributed by atoms with Gasteiger partial charge in [-0.25, -0.2) is 0 Å². The van der Waals surface area contributed by atoms with Crippen molar-refractivity contribution < 1.29 is 9.90 Å². The lowest BCUT2D eigenvalue weighted by Crippen LogP contribution is -2.28. The monoisotopic (exact) mass is 1070 g/mol. The summed E-state index contributed by atoms with van der Waals surface area (Å²) in [6.07, 6.45) is 1.89. The zero-order chi connectivity index (χ0) is 59.8. The molecule has 15 rings (SSSR count). The predicted molar refractivity (Wildman–Crippen MR) is 348 cm³/mol. The van der Waals surface area contributed by atoms with Crippen molar-refractivity contribution in [1.82, 2.24) is 4.98 Å². The summed E-state index contributed by atoms with van der Waals surface area (Å²) in [7, 11) is 0. The zero-order valence-electron chi connectivity index (χ0n) is 51.7. The molecule has 400 valence electrons. The Morgan fingerprint density at radius 2 is 0.892 bits per heavy atom. The molecule has 0 N–H and O–H groups in total. The van der Waals surface area contributed by atoms with Gasteiger partial charge in [0.05, 0.1) is 33.4 Å². The van der Waals surface area contributed by atoms with Gasteiger partial charge >= 0.3 is 0 Å². The first-order valence-corrected chi connectivity index (χ1v) is 28.8. The molecule has 2 aliphatic rings. The van der Waals surface area contributed by atoms with E-state index in [4.69, 9.17) is 9.40 Å². The molecule has 0 amide bonds. The topological polar surface area (TPSA) is 32.5 Å². The number of nitrogens with zero attached hydrogens (tertiary/aromatic N) is 3. The van der Waals surface area contributed by atoms with Crippen LogP contribution in [-0.2, 0) is 16.2 Å². The molecule has 4 heteroatoms. The van der Waals surface area contributed by atoms with Crippen LogP contribution in [0, 0.1) is 6.92 Å². The molecule has 0 radical (unpaired) electrons. The van der Waals surface area contributed by atoms with Crippen molar-refractivity contribution in [2.75, 3.05) is 9.80 Å². The SMILES string of the molecule is [2H]c1c([2H])c([2H])c2c(c1[2H])-c1cc(C)cnc1C21c2cc(N(c3ccc(-c4ccccc4)cc3)c3ccc(C(C)(C)C)cc3)c3ccccc3c2-c2c1cc(N(c1ccc(-c3ccccc3)cc1)c1ccc(C(C)(C)C)cc1)c1c2oc2ccccc21. The van der Waals surface area contributed by atoms with Gasteiger partial charge in [-0.1, -0.05) is 217 Å². The highest BCUT2D eigenvalue weighted by Crippen LogP contribution is 2.67. The first-order valence-electron chi connectivity index (χ1n) is 30.8. The molecule has 0 aliphatic heterocycles. The lowest BCUT2D eigenvalue weighted by Gasteiger charge is -2.33. The van der Waals surface area contributed by atoms with E-state index in [0.717, 1.165) is 111 Å². The van der Waals surface area contributed by atoms with Gasteiger partial charge in [-0.05, 0) is 163 Å². The van der Waals surface area contributed by atoms with Gasteiger partial charge in [0, 0.05) is 50.8 Å². The molecule has 1 spiro atoms. The third-order valence-corrected chi connectivity index (χ3v) is 17.4. The molecule has 0 bridgehead atoms.